The van der Waals surface area contributed by atoms with Crippen LogP contribution in [0.1, 0.15) is 41.7 Å². The summed E-state index contributed by atoms with van der Waals surface area (Å²) in [6, 6.07) is 10.3. The minimum atomic E-state index is -0.391. The second-order valence-corrected chi connectivity index (χ2v) is 7.13. The van der Waals surface area contributed by atoms with Crippen LogP contribution in [0.5, 0.6) is 0 Å². The van der Waals surface area contributed by atoms with Crippen molar-refractivity contribution in [2.45, 2.75) is 25.8 Å². The molecule has 1 atom stereocenters. The number of hydrogen-bond donors (Lipinski definition) is 1. The first-order valence-corrected chi connectivity index (χ1v) is 9.42. The minimum Gasteiger partial charge on any atom is -0.377 e. The molecule has 144 valence electrons. The summed E-state index contributed by atoms with van der Waals surface area (Å²) in [5, 5.41) is 3.90. The van der Waals surface area contributed by atoms with Gasteiger partial charge in [-0.05, 0) is 55.7 Å². The van der Waals surface area contributed by atoms with Crippen LogP contribution in [0, 0.1) is 11.6 Å². The maximum atomic E-state index is 14.0. The van der Waals surface area contributed by atoms with Crippen molar-refractivity contribution in [2.24, 2.45) is 0 Å². The summed E-state index contributed by atoms with van der Waals surface area (Å²) >= 11 is 0. The first kappa shape index (κ1) is 18.3. The summed E-state index contributed by atoms with van der Waals surface area (Å²) in [6.07, 6.45) is 3.52. The fourth-order valence-electron chi connectivity index (χ4n) is 3.62. The molecule has 0 bridgehead atoms. The first-order valence-electron chi connectivity index (χ1n) is 9.42. The number of pyridine rings is 1. The fraction of sp³-hybridized carbons (Fsp3) is 0.273. The lowest BCUT2D eigenvalue weighted by Gasteiger charge is -2.22. The number of carbonyl (C=O) groups is 1. The predicted molar refractivity (Wildman–Crippen MR) is 105 cm³/mol. The number of aromatic nitrogens is 1. The van der Waals surface area contributed by atoms with Crippen LogP contribution in [0.3, 0.4) is 0 Å². The number of carbonyl (C=O) groups excluding carboxylic acids is 1. The fourth-order valence-corrected chi connectivity index (χ4v) is 3.62. The Morgan fingerprint density at radius 2 is 1.75 bits per heavy atom. The van der Waals surface area contributed by atoms with Crippen LogP contribution in [-0.4, -0.2) is 28.9 Å². The molecule has 2 heterocycles. The van der Waals surface area contributed by atoms with E-state index in [-0.39, 0.29) is 17.8 Å². The number of hydrogen-bond acceptors (Lipinski definition) is 3. The molecule has 4 nitrogen and oxygen atoms in total. The minimum absolute atomic E-state index is 0.107. The zero-order chi connectivity index (χ0) is 19.7. The maximum Gasteiger partial charge on any atom is 0.257 e. The lowest BCUT2D eigenvalue weighted by atomic mass is 10.0. The Morgan fingerprint density at radius 1 is 1.07 bits per heavy atom. The van der Waals surface area contributed by atoms with Crippen LogP contribution in [0.25, 0.3) is 10.9 Å². The number of nitrogens with zero attached hydrogens (tertiary/aromatic N) is 2. The first-order chi connectivity index (χ1) is 13.5. The third-order valence-electron chi connectivity index (χ3n) is 5.18. The highest BCUT2D eigenvalue weighted by atomic mass is 19.1. The van der Waals surface area contributed by atoms with Gasteiger partial charge in [0.25, 0.3) is 5.91 Å². The molecular formula is C22H21F2N3O. The summed E-state index contributed by atoms with van der Waals surface area (Å²) in [7, 11) is 0. The number of fused-ring (bicyclic) bond motifs is 1. The van der Waals surface area contributed by atoms with Gasteiger partial charge in [-0.25, -0.2) is 8.78 Å². The van der Waals surface area contributed by atoms with Crippen LogP contribution in [-0.2, 0) is 0 Å². The smallest absolute Gasteiger partial charge is 0.257 e. The zero-order valence-corrected chi connectivity index (χ0v) is 15.6. The van der Waals surface area contributed by atoms with Gasteiger partial charge in [-0.1, -0.05) is 12.1 Å². The van der Waals surface area contributed by atoms with Crippen LogP contribution in [0.4, 0.5) is 14.5 Å². The Kier molecular flexibility index (Phi) is 4.94. The number of benzene rings is 2. The average Bonchev–Trinajstić information content (AvgIpc) is 3.23. The van der Waals surface area contributed by atoms with Crippen molar-refractivity contribution < 1.29 is 13.6 Å². The molecule has 1 aromatic heterocycles. The highest BCUT2D eigenvalue weighted by molar-refractivity contribution is 6.07. The van der Waals surface area contributed by atoms with Gasteiger partial charge in [-0.2, -0.15) is 0 Å². The molecule has 1 N–H and O–H groups in total. The lowest BCUT2D eigenvalue weighted by molar-refractivity contribution is 0.0793. The van der Waals surface area contributed by atoms with E-state index in [2.05, 4.69) is 10.3 Å². The van der Waals surface area contributed by atoms with Crippen molar-refractivity contribution in [3.05, 3.63) is 71.4 Å². The Balaban J connectivity index is 1.78. The van der Waals surface area contributed by atoms with E-state index in [1.165, 1.54) is 24.3 Å². The van der Waals surface area contributed by atoms with Gasteiger partial charge in [0.1, 0.15) is 11.6 Å². The molecule has 1 unspecified atom stereocenters. The number of halogens is 2. The lowest BCUT2D eigenvalue weighted by Crippen LogP contribution is -2.28. The van der Waals surface area contributed by atoms with Crippen LogP contribution in [0.2, 0.25) is 0 Å². The normalized spacial score (nSPS) is 15.0. The highest BCUT2D eigenvalue weighted by Crippen LogP contribution is 2.31. The Labute approximate surface area is 162 Å². The van der Waals surface area contributed by atoms with E-state index in [1.807, 2.05) is 6.92 Å². The molecule has 3 aromatic rings. The quantitative estimate of drug-likeness (QED) is 0.698. The molecule has 28 heavy (non-hydrogen) atoms. The molecule has 1 saturated heterocycles. The summed E-state index contributed by atoms with van der Waals surface area (Å²) in [4.78, 5) is 19.2. The highest BCUT2D eigenvalue weighted by Gasteiger charge is 2.24. The third-order valence-corrected chi connectivity index (χ3v) is 5.18. The van der Waals surface area contributed by atoms with E-state index in [4.69, 9.17) is 0 Å². The Morgan fingerprint density at radius 3 is 2.46 bits per heavy atom. The van der Waals surface area contributed by atoms with Gasteiger partial charge in [0.05, 0.1) is 16.8 Å². The zero-order valence-electron chi connectivity index (χ0n) is 15.6. The van der Waals surface area contributed by atoms with Crippen LogP contribution >= 0.6 is 0 Å². The van der Waals surface area contributed by atoms with E-state index in [0.717, 1.165) is 18.4 Å². The summed E-state index contributed by atoms with van der Waals surface area (Å²) in [5.74, 6) is -0.806. The van der Waals surface area contributed by atoms with Crippen molar-refractivity contribution in [3.63, 3.8) is 0 Å². The molecule has 4 rings (SSSR count). The number of rotatable bonds is 4. The Bertz CT molecular complexity index is 1010. The number of nitrogens with one attached hydrogen (secondary N) is 1. The summed E-state index contributed by atoms with van der Waals surface area (Å²) in [6.45, 7) is 3.35. The topological polar surface area (TPSA) is 45.2 Å². The molecule has 1 aliphatic rings. The monoisotopic (exact) mass is 381 g/mol. The maximum absolute atomic E-state index is 14.0. The van der Waals surface area contributed by atoms with E-state index >= 15 is 0 Å². The average molecular weight is 381 g/mol. The van der Waals surface area contributed by atoms with E-state index in [0.29, 0.717) is 35.2 Å². The van der Waals surface area contributed by atoms with Gasteiger partial charge in [-0.3, -0.25) is 9.78 Å². The van der Waals surface area contributed by atoms with E-state index in [9.17, 15) is 13.6 Å². The molecular weight excluding hydrogens is 360 g/mol. The van der Waals surface area contributed by atoms with Gasteiger partial charge >= 0.3 is 0 Å². The Hall–Kier alpha value is -3.02. The summed E-state index contributed by atoms with van der Waals surface area (Å²) < 4.78 is 27.2. The number of amides is 1. The molecule has 2 aromatic carbocycles. The van der Waals surface area contributed by atoms with Gasteiger partial charge in [0, 0.05) is 30.7 Å². The van der Waals surface area contributed by atoms with Gasteiger partial charge in [0.2, 0.25) is 0 Å². The van der Waals surface area contributed by atoms with Crippen molar-refractivity contribution in [1.29, 1.82) is 0 Å². The van der Waals surface area contributed by atoms with Crippen LogP contribution in [0.15, 0.2) is 48.7 Å². The predicted octanol–water partition coefficient (Wildman–Crippen LogP) is 4.92. The molecule has 1 amide bonds. The van der Waals surface area contributed by atoms with E-state index < -0.39 is 5.82 Å². The van der Waals surface area contributed by atoms with Crippen molar-refractivity contribution in [3.8, 4) is 0 Å². The molecule has 0 spiro atoms. The van der Waals surface area contributed by atoms with Gasteiger partial charge < -0.3 is 10.2 Å². The number of likely N-dealkylation sites (tertiary alicyclic amines) is 1. The SMILES string of the molecule is CC(Nc1c(C(=O)N2CCCC2)cnc2ccc(F)cc12)c1ccc(F)cc1. The molecule has 1 aliphatic heterocycles. The molecule has 0 saturated carbocycles. The van der Waals surface area contributed by atoms with Crippen molar-refractivity contribution in [1.82, 2.24) is 9.88 Å². The molecule has 0 aliphatic carbocycles. The van der Waals surface area contributed by atoms with Crippen molar-refractivity contribution >= 4 is 22.5 Å². The number of anilines is 1. The molecule has 6 heteroatoms. The standard InChI is InChI=1S/C22H21F2N3O/c1-14(15-4-6-16(23)7-5-15)26-21-18-12-17(24)8-9-20(18)25-13-19(21)22(28)27-10-2-3-11-27/h4-9,12-14H,2-3,10-11H2,1H3,(H,25,26). The summed E-state index contributed by atoms with van der Waals surface area (Å²) in [5.41, 5.74) is 2.45. The molecule has 1 fully saturated rings. The second kappa shape index (κ2) is 7.54. The third kappa shape index (κ3) is 3.54. The molecule has 0 radical (unpaired) electrons. The van der Waals surface area contributed by atoms with Crippen LogP contribution < -0.4 is 5.32 Å². The van der Waals surface area contributed by atoms with Crippen molar-refractivity contribution in [2.75, 3.05) is 18.4 Å². The van der Waals surface area contributed by atoms with Gasteiger partial charge in [-0.15, -0.1) is 0 Å². The largest absolute Gasteiger partial charge is 0.377 e. The second-order valence-electron chi connectivity index (χ2n) is 7.13. The van der Waals surface area contributed by atoms with Gasteiger partial charge in [0.15, 0.2) is 0 Å². The van der Waals surface area contributed by atoms with E-state index in [1.54, 1.807) is 29.3 Å².